The lowest BCUT2D eigenvalue weighted by Crippen LogP contribution is -2.32. The molecule has 0 aliphatic rings. The van der Waals surface area contributed by atoms with Gasteiger partial charge in [0.1, 0.15) is 0 Å². The van der Waals surface area contributed by atoms with Gasteiger partial charge >= 0.3 is 0 Å². The van der Waals surface area contributed by atoms with Crippen molar-refractivity contribution in [2.24, 2.45) is 5.73 Å². The van der Waals surface area contributed by atoms with E-state index in [0.29, 0.717) is 36.3 Å². The Balaban J connectivity index is 3.20. The van der Waals surface area contributed by atoms with Gasteiger partial charge in [0.25, 0.3) is 5.91 Å². The number of amides is 2. The summed E-state index contributed by atoms with van der Waals surface area (Å²) >= 11 is 0. The quantitative estimate of drug-likeness (QED) is 0.751. The normalized spacial score (nSPS) is 9.87. The van der Waals surface area contributed by atoms with Gasteiger partial charge in [-0.25, -0.2) is 0 Å². The van der Waals surface area contributed by atoms with E-state index in [1.165, 1.54) is 0 Å². The Hall–Kier alpha value is -2.32. The van der Waals surface area contributed by atoms with Crippen LogP contribution in [0.25, 0.3) is 0 Å². The number of nitrogens with two attached hydrogens (primary N) is 1. The molecule has 5 nitrogen and oxygen atoms in total. The van der Waals surface area contributed by atoms with Gasteiger partial charge in [-0.05, 0) is 38.1 Å². The van der Waals surface area contributed by atoms with Gasteiger partial charge in [-0.15, -0.1) is 0 Å². The monoisotopic (exact) mass is 315 g/mol. The van der Waals surface area contributed by atoms with E-state index >= 15 is 0 Å². The second-order valence-electron chi connectivity index (χ2n) is 5.29. The third-order valence-corrected chi connectivity index (χ3v) is 3.24. The van der Waals surface area contributed by atoms with Crippen LogP contribution in [-0.2, 0) is 0 Å². The summed E-state index contributed by atoms with van der Waals surface area (Å²) in [5, 5.41) is 2.92. The molecule has 0 aromatic heterocycles. The maximum atomic E-state index is 12.7. The highest BCUT2D eigenvalue weighted by Crippen LogP contribution is 2.13. The van der Waals surface area contributed by atoms with Gasteiger partial charge in [-0.2, -0.15) is 0 Å². The second kappa shape index (κ2) is 9.65. The van der Waals surface area contributed by atoms with E-state index in [-0.39, 0.29) is 5.91 Å². The van der Waals surface area contributed by atoms with Crippen LogP contribution in [0.4, 0.5) is 0 Å². The van der Waals surface area contributed by atoms with Crippen LogP contribution in [0.3, 0.4) is 0 Å². The summed E-state index contributed by atoms with van der Waals surface area (Å²) in [6, 6.07) is 4.88. The predicted octanol–water partition coefficient (Wildman–Crippen LogP) is 1.62. The summed E-state index contributed by atoms with van der Waals surface area (Å²) in [7, 11) is 1.80. The molecule has 0 heterocycles. The van der Waals surface area contributed by atoms with Crippen LogP contribution in [0.5, 0.6) is 0 Å². The zero-order valence-corrected chi connectivity index (χ0v) is 14.1. The smallest absolute Gasteiger partial charge is 0.253 e. The zero-order chi connectivity index (χ0) is 17.2. The lowest BCUT2D eigenvalue weighted by Gasteiger charge is -2.21. The van der Waals surface area contributed by atoms with Crippen LogP contribution >= 0.6 is 0 Å². The van der Waals surface area contributed by atoms with E-state index in [1.54, 1.807) is 30.1 Å². The van der Waals surface area contributed by atoms with Crippen molar-refractivity contribution in [3.63, 3.8) is 0 Å². The Labute approximate surface area is 138 Å². The van der Waals surface area contributed by atoms with Crippen molar-refractivity contribution in [1.29, 1.82) is 0 Å². The third-order valence-electron chi connectivity index (χ3n) is 3.24. The van der Waals surface area contributed by atoms with E-state index in [1.807, 2.05) is 13.8 Å². The van der Waals surface area contributed by atoms with Crippen molar-refractivity contribution in [2.75, 3.05) is 26.7 Å². The molecule has 3 N–H and O–H groups in total. The van der Waals surface area contributed by atoms with Gasteiger partial charge in [0, 0.05) is 29.8 Å². The van der Waals surface area contributed by atoms with Crippen LogP contribution in [0.2, 0.25) is 0 Å². The van der Waals surface area contributed by atoms with Gasteiger partial charge in [0.15, 0.2) is 0 Å². The minimum atomic E-state index is -0.561. The summed E-state index contributed by atoms with van der Waals surface area (Å²) in [6.45, 7) is 5.97. The Kier molecular flexibility index (Phi) is 7.86. The molecule has 1 aromatic carbocycles. The van der Waals surface area contributed by atoms with Crippen molar-refractivity contribution in [3.05, 3.63) is 34.9 Å². The molecule has 0 saturated carbocycles. The van der Waals surface area contributed by atoms with Gasteiger partial charge < -0.3 is 16.0 Å². The Morgan fingerprint density at radius 1 is 1.13 bits per heavy atom. The number of benzene rings is 1. The molecule has 2 amide bonds. The van der Waals surface area contributed by atoms with E-state index in [4.69, 9.17) is 5.73 Å². The molecule has 0 radical (unpaired) electrons. The van der Waals surface area contributed by atoms with Gasteiger partial charge in [0.2, 0.25) is 5.91 Å². The molecule has 0 unspecified atom stereocenters. The van der Waals surface area contributed by atoms with Crippen molar-refractivity contribution < 1.29 is 9.59 Å². The maximum absolute atomic E-state index is 12.7. The predicted molar refractivity (Wildman–Crippen MR) is 92.3 cm³/mol. The first-order valence-electron chi connectivity index (χ1n) is 7.91. The second-order valence-corrected chi connectivity index (χ2v) is 5.29. The molecule has 0 fully saturated rings. The molecular formula is C18H25N3O2. The number of nitrogens with one attached hydrogen (secondary N) is 1. The minimum absolute atomic E-state index is 0.0894. The highest BCUT2D eigenvalue weighted by Gasteiger charge is 2.16. The lowest BCUT2D eigenvalue weighted by molar-refractivity contribution is 0.0755. The van der Waals surface area contributed by atoms with Crippen LogP contribution in [0.15, 0.2) is 18.2 Å². The molecule has 0 bridgehead atoms. The van der Waals surface area contributed by atoms with Crippen molar-refractivity contribution in [3.8, 4) is 11.8 Å². The fraction of sp³-hybridized carbons (Fsp3) is 0.444. The number of nitrogens with zero attached hydrogens (tertiary/aromatic N) is 1. The zero-order valence-electron chi connectivity index (χ0n) is 14.1. The number of primary amides is 1. The molecule has 23 heavy (non-hydrogen) atoms. The number of hydrogen-bond donors (Lipinski definition) is 2. The standard InChI is InChI=1S/C18H25N3O2/c1-4-9-21(10-5-2)18(23)16-12-14(7-6-8-20-3)11-15(13-16)17(19)22/h11-13,20H,4-5,8-10H2,1-3H3,(H2,19,22). The fourth-order valence-corrected chi connectivity index (χ4v) is 2.24. The highest BCUT2D eigenvalue weighted by molar-refractivity contribution is 5.99. The van der Waals surface area contributed by atoms with E-state index < -0.39 is 5.91 Å². The van der Waals surface area contributed by atoms with Crippen LogP contribution in [0, 0.1) is 11.8 Å². The first-order chi connectivity index (χ1) is 11.0. The molecule has 124 valence electrons. The molecular weight excluding hydrogens is 290 g/mol. The number of hydrogen-bond acceptors (Lipinski definition) is 3. The third kappa shape index (κ3) is 5.76. The maximum Gasteiger partial charge on any atom is 0.253 e. The Bertz CT molecular complexity index is 608. The number of rotatable bonds is 7. The Morgan fingerprint density at radius 3 is 2.26 bits per heavy atom. The SMILES string of the molecule is CCCN(CCC)C(=O)c1cc(C#CCNC)cc(C(N)=O)c1. The fourth-order valence-electron chi connectivity index (χ4n) is 2.24. The van der Waals surface area contributed by atoms with E-state index in [9.17, 15) is 9.59 Å². The number of carbonyl (C=O) groups is 2. The summed E-state index contributed by atoms with van der Waals surface area (Å²) < 4.78 is 0. The first-order valence-corrected chi connectivity index (χ1v) is 7.91. The largest absolute Gasteiger partial charge is 0.366 e. The molecule has 0 atom stereocenters. The van der Waals surface area contributed by atoms with E-state index in [0.717, 1.165) is 12.8 Å². The van der Waals surface area contributed by atoms with Gasteiger partial charge in [-0.3, -0.25) is 9.59 Å². The Morgan fingerprint density at radius 2 is 1.74 bits per heavy atom. The molecule has 1 aromatic rings. The highest BCUT2D eigenvalue weighted by atomic mass is 16.2. The van der Waals surface area contributed by atoms with Crippen molar-refractivity contribution >= 4 is 11.8 Å². The van der Waals surface area contributed by atoms with Crippen LogP contribution in [0.1, 0.15) is 53.0 Å². The average molecular weight is 315 g/mol. The van der Waals surface area contributed by atoms with Crippen LogP contribution in [-0.4, -0.2) is 43.4 Å². The lowest BCUT2D eigenvalue weighted by atomic mass is 10.0. The van der Waals surface area contributed by atoms with Crippen LogP contribution < -0.4 is 11.1 Å². The molecule has 0 spiro atoms. The van der Waals surface area contributed by atoms with Crippen molar-refractivity contribution in [2.45, 2.75) is 26.7 Å². The molecule has 5 heteroatoms. The minimum Gasteiger partial charge on any atom is -0.366 e. The summed E-state index contributed by atoms with van der Waals surface area (Å²) in [5.41, 5.74) is 6.75. The first kappa shape index (κ1) is 18.7. The summed E-state index contributed by atoms with van der Waals surface area (Å²) in [6.07, 6.45) is 1.77. The van der Waals surface area contributed by atoms with Gasteiger partial charge in [0.05, 0.1) is 6.54 Å². The summed E-state index contributed by atoms with van der Waals surface area (Å²) in [4.78, 5) is 26.0. The van der Waals surface area contributed by atoms with Crippen molar-refractivity contribution in [1.82, 2.24) is 10.2 Å². The molecule has 0 aliphatic carbocycles. The summed E-state index contributed by atoms with van der Waals surface area (Å²) in [5.74, 6) is 5.22. The van der Waals surface area contributed by atoms with E-state index in [2.05, 4.69) is 17.2 Å². The number of carbonyl (C=O) groups excluding carboxylic acids is 2. The average Bonchev–Trinajstić information content (AvgIpc) is 2.54. The topological polar surface area (TPSA) is 75.4 Å². The molecule has 1 rings (SSSR count). The molecule has 0 saturated heterocycles. The van der Waals surface area contributed by atoms with Gasteiger partial charge in [-0.1, -0.05) is 25.7 Å². The molecule has 0 aliphatic heterocycles.